The number of H-pyrrole nitrogens is 1. The van der Waals surface area contributed by atoms with Crippen molar-refractivity contribution in [3.8, 4) is 0 Å². The first-order valence-electron chi connectivity index (χ1n) is 8.87. The normalized spacial score (nSPS) is 26.3. The topological polar surface area (TPSA) is 117 Å². The van der Waals surface area contributed by atoms with E-state index in [2.05, 4.69) is 29.9 Å². The Morgan fingerprint density at radius 2 is 2.04 bits per heavy atom. The highest BCUT2D eigenvalue weighted by atomic mass is 31.2. The molecule has 4 atom stereocenters. The number of aliphatic hydroxyl groups is 2. The molecular formula is C17H30N3O5P. The molecule has 1 aliphatic heterocycles. The summed E-state index contributed by atoms with van der Waals surface area (Å²) in [4.78, 5) is 26.4. The van der Waals surface area contributed by atoms with Crippen molar-refractivity contribution in [1.82, 2.24) is 14.9 Å². The smallest absolute Gasteiger partial charge is 0.329 e. The summed E-state index contributed by atoms with van der Waals surface area (Å²) in [5.41, 5.74) is -1.00. The van der Waals surface area contributed by atoms with Crippen LogP contribution in [-0.2, 0) is 11.4 Å². The number of hydrogen-bond acceptors (Lipinski definition) is 6. The van der Waals surface area contributed by atoms with Crippen LogP contribution in [0, 0.1) is 0 Å². The predicted molar refractivity (Wildman–Crippen MR) is 105 cm³/mol. The first-order chi connectivity index (χ1) is 12.1. The molecule has 0 amide bonds. The van der Waals surface area contributed by atoms with Crippen LogP contribution < -0.4 is 16.6 Å². The van der Waals surface area contributed by atoms with Crippen molar-refractivity contribution in [2.24, 2.45) is 0 Å². The summed E-state index contributed by atoms with van der Waals surface area (Å²) in [6, 6.07) is 0. The molecular weight excluding hydrogens is 357 g/mol. The second-order valence-electron chi connectivity index (χ2n) is 7.50. The fraction of sp³-hybridized carbons (Fsp3) is 0.706. The highest BCUT2D eigenvalue weighted by Gasteiger charge is 2.44. The summed E-state index contributed by atoms with van der Waals surface area (Å²) in [5, 5.41) is 23.8. The van der Waals surface area contributed by atoms with E-state index in [1.54, 1.807) is 0 Å². The van der Waals surface area contributed by atoms with Gasteiger partial charge in [0.2, 0.25) is 0 Å². The second kappa shape index (κ2) is 8.67. The zero-order valence-corrected chi connectivity index (χ0v) is 16.5. The van der Waals surface area contributed by atoms with E-state index >= 15 is 0 Å². The molecule has 0 bridgehead atoms. The number of rotatable bonds is 8. The maximum absolute atomic E-state index is 12.2. The minimum absolute atomic E-state index is 0.139. The third-order valence-corrected chi connectivity index (χ3v) is 5.90. The number of nitrogens with one attached hydrogen (secondary N) is 2. The van der Waals surface area contributed by atoms with Crippen molar-refractivity contribution in [1.29, 1.82) is 0 Å². The molecule has 1 unspecified atom stereocenters. The molecule has 1 aliphatic rings. The molecule has 1 aromatic rings. The van der Waals surface area contributed by atoms with Crippen molar-refractivity contribution in [2.45, 2.75) is 50.8 Å². The lowest BCUT2D eigenvalue weighted by molar-refractivity contribution is 0.00492. The third kappa shape index (κ3) is 5.18. The second-order valence-corrected chi connectivity index (χ2v) is 11.8. The maximum Gasteiger partial charge on any atom is 0.329 e. The summed E-state index contributed by atoms with van der Waals surface area (Å²) in [6.07, 6.45) is 3.98. The van der Waals surface area contributed by atoms with E-state index in [1.807, 2.05) is 6.92 Å². The van der Waals surface area contributed by atoms with E-state index in [4.69, 9.17) is 4.74 Å². The van der Waals surface area contributed by atoms with Crippen molar-refractivity contribution in [3.05, 3.63) is 32.6 Å². The number of ether oxygens (including phenoxy) is 1. The largest absolute Gasteiger partial charge is 0.388 e. The summed E-state index contributed by atoms with van der Waals surface area (Å²) in [7, 11) is 0. The lowest BCUT2D eigenvalue weighted by Gasteiger charge is -2.18. The molecule has 148 valence electrons. The van der Waals surface area contributed by atoms with Gasteiger partial charge < -0.3 is 14.9 Å². The Morgan fingerprint density at radius 1 is 1.35 bits per heavy atom. The fourth-order valence-corrected chi connectivity index (χ4v) is 3.90. The van der Waals surface area contributed by atoms with Crippen LogP contribution in [0.4, 0.5) is 0 Å². The number of aliphatic hydroxyl groups excluding tert-OH is 2. The zero-order chi connectivity index (χ0) is 19.5. The van der Waals surface area contributed by atoms with Gasteiger partial charge in [0.15, 0.2) is 0 Å². The summed E-state index contributed by atoms with van der Waals surface area (Å²) < 4.78 is 7.13. The molecule has 0 spiro atoms. The molecule has 2 heterocycles. The van der Waals surface area contributed by atoms with Gasteiger partial charge in [0.1, 0.15) is 18.3 Å². The standard InChI is InChI=1S/C17H30N3O5P/c1-5-7-18-10-20-9-11(16(23)19-17(20)24)15-14(22)13(21)12(25-15)6-8-26(2,3)4/h9,12-15,18,21-22H,2,5-8,10H2,1,3-4H3,(H,19,23,24)/t12-,13-,14?,15+/m1/s1. The quantitative estimate of drug-likeness (QED) is 0.361. The van der Waals surface area contributed by atoms with Gasteiger partial charge in [0.25, 0.3) is 5.56 Å². The predicted octanol–water partition coefficient (Wildman–Crippen LogP) is -0.245. The lowest BCUT2D eigenvalue weighted by atomic mass is 10.0. The van der Waals surface area contributed by atoms with E-state index in [0.717, 1.165) is 19.1 Å². The molecule has 0 saturated carbocycles. The Labute approximate surface area is 153 Å². The van der Waals surface area contributed by atoms with Crippen LogP contribution in [0.1, 0.15) is 31.4 Å². The SMILES string of the molecule is C=P(C)(C)CC[C@H]1O[C@@H](c2cn(CNCCC)c(=O)[nH]c2=O)C(O)[C@@H]1O. The minimum atomic E-state index is -1.29. The number of nitrogens with zero attached hydrogens (tertiary/aromatic N) is 1. The van der Waals surface area contributed by atoms with Crippen LogP contribution in [0.25, 0.3) is 0 Å². The number of aromatic nitrogens is 2. The van der Waals surface area contributed by atoms with Crippen LogP contribution in [0.5, 0.6) is 0 Å². The molecule has 1 aromatic heterocycles. The fourth-order valence-electron chi connectivity index (χ4n) is 2.94. The highest BCUT2D eigenvalue weighted by molar-refractivity contribution is 7.72. The van der Waals surface area contributed by atoms with Crippen molar-refractivity contribution < 1.29 is 14.9 Å². The van der Waals surface area contributed by atoms with Crippen LogP contribution in [0.3, 0.4) is 0 Å². The Balaban J connectivity index is 2.21. The Hall–Kier alpha value is -1.18. The molecule has 1 fully saturated rings. The van der Waals surface area contributed by atoms with Gasteiger partial charge in [-0.05, 0) is 38.9 Å². The molecule has 4 N–H and O–H groups in total. The maximum atomic E-state index is 12.2. The van der Waals surface area contributed by atoms with Gasteiger partial charge in [-0.1, -0.05) is 6.92 Å². The van der Waals surface area contributed by atoms with Crippen molar-refractivity contribution in [3.63, 3.8) is 0 Å². The van der Waals surface area contributed by atoms with Crippen LogP contribution in [0.15, 0.2) is 15.8 Å². The van der Waals surface area contributed by atoms with Gasteiger partial charge in [0.05, 0.1) is 18.3 Å². The van der Waals surface area contributed by atoms with Gasteiger partial charge >= 0.3 is 5.69 Å². The van der Waals surface area contributed by atoms with E-state index in [0.29, 0.717) is 6.42 Å². The van der Waals surface area contributed by atoms with Crippen LogP contribution in [0.2, 0.25) is 0 Å². The molecule has 8 nitrogen and oxygen atoms in total. The first-order valence-corrected chi connectivity index (χ1v) is 11.9. The molecule has 0 aliphatic carbocycles. The number of hydrogen-bond donors (Lipinski definition) is 4. The Bertz CT molecular complexity index is 768. The first kappa shape index (κ1) is 21.1. The van der Waals surface area contributed by atoms with E-state index < -0.39 is 42.6 Å². The number of aromatic amines is 1. The van der Waals surface area contributed by atoms with Gasteiger partial charge in [-0.15, -0.1) is 13.2 Å². The van der Waals surface area contributed by atoms with Crippen molar-refractivity contribution in [2.75, 3.05) is 26.0 Å². The van der Waals surface area contributed by atoms with Gasteiger partial charge in [0, 0.05) is 6.20 Å². The average molecular weight is 387 g/mol. The molecule has 2 rings (SSSR count). The highest BCUT2D eigenvalue weighted by Crippen LogP contribution is 2.40. The van der Waals surface area contributed by atoms with E-state index in [1.165, 1.54) is 10.8 Å². The Kier molecular flexibility index (Phi) is 7.05. The van der Waals surface area contributed by atoms with Gasteiger partial charge in [-0.3, -0.25) is 19.7 Å². The molecule has 0 radical (unpaired) electrons. The van der Waals surface area contributed by atoms with Gasteiger partial charge in [-0.25, -0.2) is 4.79 Å². The molecule has 26 heavy (non-hydrogen) atoms. The van der Waals surface area contributed by atoms with Crippen LogP contribution >= 0.6 is 6.89 Å². The summed E-state index contributed by atoms with van der Waals surface area (Å²) >= 11 is 0. The Morgan fingerprint density at radius 3 is 2.65 bits per heavy atom. The van der Waals surface area contributed by atoms with Crippen LogP contribution in [-0.4, -0.2) is 70.4 Å². The zero-order valence-electron chi connectivity index (χ0n) is 15.6. The summed E-state index contributed by atoms with van der Waals surface area (Å²) in [5.74, 6) is 0. The summed E-state index contributed by atoms with van der Waals surface area (Å²) in [6.45, 7) is 5.87. The van der Waals surface area contributed by atoms with Crippen molar-refractivity contribution >= 4 is 13.2 Å². The minimum Gasteiger partial charge on any atom is -0.388 e. The average Bonchev–Trinajstić information content (AvgIpc) is 2.83. The molecule has 0 aromatic carbocycles. The third-order valence-electron chi connectivity index (χ3n) is 4.44. The van der Waals surface area contributed by atoms with E-state index in [9.17, 15) is 19.8 Å². The lowest BCUT2D eigenvalue weighted by Crippen LogP contribution is -2.38. The van der Waals surface area contributed by atoms with Gasteiger partial charge in [-0.2, -0.15) is 0 Å². The van der Waals surface area contributed by atoms with E-state index in [-0.39, 0.29) is 12.2 Å². The molecule has 9 heteroatoms. The monoisotopic (exact) mass is 387 g/mol. The molecule has 1 saturated heterocycles.